The van der Waals surface area contributed by atoms with Crippen LogP contribution in [-0.2, 0) is 22.7 Å². The van der Waals surface area contributed by atoms with Crippen LogP contribution in [0.1, 0.15) is 88.1 Å². The molecule has 2 N–H and O–H groups in total. The summed E-state index contributed by atoms with van der Waals surface area (Å²) < 4.78 is 2.02. The highest BCUT2D eigenvalue weighted by Gasteiger charge is 2.23. The van der Waals surface area contributed by atoms with Crippen LogP contribution in [0.2, 0.25) is 0 Å². The normalized spacial score (nSPS) is 16.3. The second kappa shape index (κ2) is 14.4. The molecule has 1 aliphatic heterocycles. The summed E-state index contributed by atoms with van der Waals surface area (Å²) >= 11 is 0. The summed E-state index contributed by atoms with van der Waals surface area (Å²) in [5.74, 6) is 1.59. The summed E-state index contributed by atoms with van der Waals surface area (Å²) in [5, 5.41) is 6.57. The van der Waals surface area contributed by atoms with Gasteiger partial charge in [-0.05, 0) is 80.3 Å². The fraction of sp³-hybridized carbons (Fsp3) is 0.543. The van der Waals surface area contributed by atoms with E-state index in [-0.39, 0.29) is 17.7 Å². The number of hydrogen-bond donors (Lipinski definition) is 2. The highest BCUT2D eigenvalue weighted by Crippen LogP contribution is 2.30. The number of carbonyl (C=O) groups excluding carboxylic acids is 3. The number of fused-ring (bicyclic) bond motifs is 1. The van der Waals surface area contributed by atoms with Crippen LogP contribution in [0.5, 0.6) is 0 Å². The third-order valence-corrected chi connectivity index (χ3v) is 9.48. The molecule has 2 aliphatic rings. The van der Waals surface area contributed by atoms with Gasteiger partial charge in [0.2, 0.25) is 17.8 Å². The van der Waals surface area contributed by atoms with Crippen LogP contribution in [-0.4, -0.2) is 58.4 Å². The van der Waals surface area contributed by atoms with E-state index in [9.17, 15) is 14.4 Å². The maximum Gasteiger partial charge on any atom is 0.257 e. The van der Waals surface area contributed by atoms with Gasteiger partial charge in [0.15, 0.2) is 0 Å². The molecule has 3 amide bonds. The van der Waals surface area contributed by atoms with Crippen molar-refractivity contribution in [2.45, 2.75) is 91.3 Å². The van der Waals surface area contributed by atoms with E-state index in [1.54, 1.807) is 4.90 Å². The number of carbonyl (C=O) groups is 3. The predicted octanol–water partition coefficient (Wildman–Crippen LogP) is 5.98. The van der Waals surface area contributed by atoms with Gasteiger partial charge >= 0.3 is 0 Å². The van der Waals surface area contributed by atoms with Crippen molar-refractivity contribution in [3.8, 4) is 0 Å². The van der Waals surface area contributed by atoms with E-state index in [2.05, 4.69) is 31.4 Å². The summed E-state index contributed by atoms with van der Waals surface area (Å²) in [7, 11) is 1.83. The Morgan fingerprint density at radius 3 is 2.45 bits per heavy atom. The molecule has 5 rings (SSSR count). The van der Waals surface area contributed by atoms with Gasteiger partial charge < -0.3 is 19.7 Å². The number of likely N-dealkylation sites (tertiary alicyclic amines) is 1. The van der Waals surface area contributed by atoms with Gasteiger partial charge in [-0.3, -0.25) is 19.7 Å². The summed E-state index contributed by atoms with van der Waals surface area (Å²) in [6.45, 7) is 9.39. The quantitative estimate of drug-likeness (QED) is 0.252. The molecule has 2 heterocycles. The first-order valence-corrected chi connectivity index (χ1v) is 16.4. The van der Waals surface area contributed by atoms with Crippen molar-refractivity contribution in [1.29, 1.82) is 0 Å². The Labute approximate surface area is 261 Å². The second-order valence-electron chi connectivity index (χ2n) is 13.0. The Balaban J connectivity index is 1.33. The van der Waals surface area contributed by atoms with E-state index in [4.69, 9.17) is 4.98 Å². The van der Waals surface area contributed by atoms with E-state index >= 15 is 0 Å². The van der Waals surface area contributed by atoms with Crippen LogP contribution >= 0.6 is 0 Å². The summed E-state index contributed by atoms with van der Waals surface area (Å²) in [6.07, 6.45) is 7.54. The molecule has 0 spiro atoms. The van der Waals surface area contributed by atoms with E-state index in [1.807, 2.05) is 59.0 Å². The summed E-state index contributed by atoms with van der Waals surface area (Å²) in [4.78, 5) is 47.1. The van der Waals surface area contributed by atoms with Crippen molar-refractivity contribution in [3.05, 3.63) is 53.6 Å². The molecule has 0 unspecified atom stereocenters. The number of anilines is 2. The largest absolute Gasteiger partial charge is 0.343 e. The molecule has 1 saturated heterocycles. The van der Waals surface area contributed by atoms with Gasteiger partial charge in [0.05, 0.1) is 11.0 Å². The van der Waals surface area contributed by atoms with Crippen LogP contribution < -0.4 is 15.5 Å². The number of nitrogens with one attached hydrogen (secondary N) is 2. The third kappa shape index (κ3) is 7.67. The van der Waals surface area contributed by atoms with Gasteiger partial charge in [0, 0.05) is 63.4 Å². The SMILES string of the molecule is CC(C)[C@H](C)NCc1ccc(C(=O)Nc2nc3cc(N(C)C(=O)CC4CCCC4)ccc3n2CCCN2CCCC2=O)cc1. The Bertz CT molecular complexity index is 1460. The van der Waals surface area contributed by atoms with Crippen LogP contribution in [0.4, 0.5) is 11.6 Å². The van der Waals surface area contributed by atoms with Gasteiger partial charge in [-0.2, -0.15) is 0 Å². The first kappa shape index (κ1) is 31.7. The first-order chi connectivity index (χ1) is 21.2. The van der Waals surface area contributed by atoms with Gasteiger partial charge in [0.1, 0.15) is 0 Å². The van der Waals surface area contributed by atoms with E-state index in [1.165, 1.54) is 12.8 Å². The van der Waals surface area contributed by atoms with Crippen molar-refractivity contribution in [1.82, 2.24) is 19.8 Å². The van der Waals surface area contributed by atoms with Crippen molar-refractivity contribution in [2.75, 3.05) is 30.4 Å². The lowest BCUT2D eigenvalue weighted by molar-refractivity contribution is -0.127. The molecular formula is C35H48N6O3. The zero-order chi connectivity index (χ0) is 31.2. The van der Waals surface area contributed by atoms with Gasteiger partial charge in [0.25, 0.3) is 5.91 Å². The monoisotopic (exact) mass is 600 g/mol. The number of rotatable bonds is 13. The van der Waals surface area contributed by atoms with Crippen LogP contribution in [0.25, 0.3) is 11.0 Å². The Kier molecular flexibility index (Phi) is 10.4. The Morgan fingerprint density at radius 2 is 1.77 bits per heavy atom. The molecule has 1 atom stereocenters. The molecule has 44 heavy (non-hydrogen) atoms. The second-order valence-corrected chi connectivity index (χ2v) is 13.0. The van der Waals surface area contributed by atoms with Gasteiger partial charge in [-0.15, -0.1) is 0 Å². The maximum absolute atomic E-state index is 13.4. The minimum Gasteiger partial charge on any atom is -0.343 e. The molecule has 2 fully saturated rings. The molecule has 3 aromatic rings. The Morgan fingerprint density at radius 1 is 1.02 bits per heavy atom. The maximum atomic E-state index is 13.4. The van der Waals surface area contributed by atoms with Gasteiger partial charge in [-0.1, -0.05) is 38.8 Å². The smallest absolute Gasteiger partial charge is 0.257 e. The third-order valence-electron chi connectivity index (χ3n) is 9.48. The van der Waals surface area contributed by atoms with Crippen molar-refractivity contribution < 1.29 is 14.4 Å². The number of aromatic nitrogens is 2. The molecule has 236 valence electrons. The average Bonchev–Trinajstić information content (AvgIpc) is 3.76. The number of amides is 3. The highest BCUT2D eigenvalue weighted by atomic mass is 16.2. The lowest BCUT2D eigenvalue weighted by Crippen LogP contribution is -2.30. The standard InChI is InChI=1S/C35H48N6O3/c1-24(2)25(3)36-23-27-12-14-28(15-13-27)34(44)38-35-37-30-22-29(39(4)33(43)21-26-9-5-6-10-26)16-17-31(30)41(35)20-8-19-40-18-7-11-32(40)42/h12-17,22,24-26,36H,5-11,18-21,23H2,1-4H3,(H,37,38,44)/t25-/m0/s1. The number of imidazole rings is 1. The minimum atomic E-state index is -0.226. The number of nitrogens with zero attached hydrogens (tertiary/aromatic N) is 4. The van der Waals surface area contributed by atoms with Crippen molar-refractivity contribution >= 4 is 40.4 Å². The molecule has 1 saturated carbocycles. The van der Waals surface area contributed by atoms with E-state index in [0.29, 0.717) is 55.3 Å². The van der Waals surface area contributed by atoms with Gasteiger partial charge in [-0.25, -0.2) is 4.98 Å². The molecular weight excluding hydrogens is 552 g/mol. The molecule has 1 aliphatic carbocycles. The Hall–Kier alpha value is -3.72. The predicted molar refractivity (Wildman–Crippen MR) is 176 cm³/mol. The van der Waals surface area contributed by atoms with Crippen molar-refractivity contribution in [2.24, 2.45) is 11.8 Å². The zero-order valence-electron chi connectivity index (χ0n) is 26.8. The first-order valence-electron chi connectivity index (χ1n) is 16.4. The number of benzene rings is 2. The average molecular weight is 601 g/mol. The summed E-state index contributed by atoms with van der Waals surface area (Å²) in [6, 6.07) is 13.9. The molecule has 9 nitrogen and oxygen atoms in total. The topological polar surface area (TPSA) is 99.6 Å². The highest BCUT2D eigenvalue weighted by molar-refractivity contribution is 6.04. The fourth-order valence-electron chi connectivity index (χ4n) is 6.21. The van der Waals surface area contributed by atoms with Crippen molar-refractivity contribution in [3.63, 3.8) is 0 Å². The number of hydrogen-bond acceptors (Lipinski definition) is 5. The molecule has 2 aromatic carbocycles. The fourth-order valence-corrected chi connectivity index (χ4v) is 6.21. The zero-order valence-corrected chi connectivity index (χ0v) is 26.8. The lowest BCUT2D eigenvalue weighted by Gasteiger charge is -2.19. The number of aryl methyl sites for hydroxylation is 1. The summed E-state index contributed by atoms with van der Waals surface area (Å²) in [5.41, 5.74) is 4.08. The molecule has 9 heteroatoms. The van der Waals surface area contributed by atoms with Crippen LogP contribution in [0, 0.1) is 11.8 Å². The van der Waals surface area contributed by atoms with Crippen LogP contribution in [0.3, 0.4) is 0 Å². The van der Waals surface area contributed by atoms with E-state index < -0.39 is 0 Å². The molecule has 1 aromatic heterocycles. The van der Waals surface area contributed by atoms with E-state index in [0.717, 1.165) is 61.1 Å². The molecule has 0 bridgehead atoms. The molecule has 0 radical (unpaired) electrons. The lowest BCUT2D eigenvalue weighted by atomic mass is 10.0. The van der Waals surface area contributed by atoms with Crippen LogP contribution in [0.15, 0.2) is 42.5 Å². The minimum absolute atomic E-state index is 0.122.